The molecule has 26 heavy (non-hydrogen) atoms. The first-order chi connectivity index (χ1) is 12.2. The van der Waals surface area contributed by atoms with Crippen LogP contribution in [0.2, 0.25) is 23.3 Å². The van der Waals surface area contributed by atoms with Gasteiger partial charge in [0.25, 0.3) is 0 Å². The summed E-state index contributed by atoms with van der Waals surface area (Å²) < 4.78 is 6.31. The van der Waals surface area contributed by atoms with E-state index in [1.165, 1.54) is 18.4 Å². The maximum Gasteiger partial charge on any atom is 0.192 e. The molecule has 0 saturated carbocycles. The normalized spacial score (nSPS) is 15.0. The molecule has 0 saturated heterocycles. The van der Waals surface area contributed by atoms with Crippen molar-refractivity contribution in [3.05, 3.63) is 40.6 Å². The van der Waals surface area contributed by atoms with Crippen molar-refractivity contribution in [3.63, 3.8) is 0 Å². The van der Waals surface area contributed by atoms with Crippen LogP contribution in [0.5, 0.6) is 0 Å². The van der Waals surface area contributed by atoms with E-state index in [1.54, 1.807) is 6.20 Å². The van der Waals surface area contributed by atoms with E-state index in [0.717, 1.165) is 35.5 Å². The molecular weight excluding hydrogens is 362 g/mol. The number of pyridine rings is 1. The summed E-state index contributed by atoms with van der Waals surface area (Å²) in [5, 5.41) is 0.709. The maximum atomic E-state index is 6.31. The van der Waals surface area contributed by atoms with E-state index in [1.807, 2.05) is 12.3 Å². The highest BCUT2D eigenvalue weighted by molar-refractivity contribution is 6.74. The quantitative estimate of drug-likeness (QED) is 0.504. The van der Waals surface area contributed by atoms with Crippen LogP contribution in [0.25, 0.3) is 11.3 Å². The van der Waals surface area contributed by atoms with E-state index in [-0.39, 0.29) is 5.04 Å². The number of hydrogen-bond acceptors (Lipinski definition) is 4. The zero-order valence-electron chi connectivity index (χ0n) is 16.4. The third-order valence-corrected chi connectivity index (χ3v) is 10.3. The van der Waals surface area contributed by atoms with Crippen LogP contribution in [0.3, 0.4) is 0 Å². The molecule has 2 aromatic heterocycles. The van der Waals surface area contributed by atoms with E-state index < -0.39 is 8.32 Å². The molecule has 3 rings (SSSR count). The molecule has 0 radical (unpaired) electrons. The molecule has 0 fully saturated rings. The van der Waals surface area contributed by atoms with Crippen LogP contribution in [-0.4, -0.2) is 23.3 Å². The zero-order valence-corrected chi connectivity index (χ0v) is 18.2. The first-order valence-electron chi connectivity index (χ1n) is 9.31. The van der Waals surface area contributed by atoms with Gasteiger partial charge in [-0.3, -0.25) is 4.98 Å². The van der Waals surface area contributed by atoms with Crippen molar-refractivity contribution in [2.75, 3.05) is 0 Å². The van der Waals surface area contributed by atoms with Gasteiger partial charge >= 0.3 is 0 Å². The van der Waals surface area contributed by atoms with Gasteiger partial charge in [0.05, 0.1) is 30.4 Å². The second-order valence-corrected chi connectivity index (χ2v) is 13.8. The smallest absolute Gasteiger partial charge is 0.192 e. The SMILES string of the molecule is CC(C)(C)[Si](C)(C)OCc1cncc(-c2cc(Cl)nc3c2CCCC3)n1. The first kappa shape index (κ1) is 19.5. The van der Waals surface area contributed by atoms with Gasteiger partial charge in [0.15, 0.2) is 8.32 Å². The Morgan fingerprint density at radius 2 is 1.85 bits per heavy atom. The highest BCUT2D eigenvalue weighted by atomic mass is 35.5. The van der Waals surface area contributed by atoms with Crippen LogP contribution in [0.4, 0.5) is 0 Å². The molecule has 1 aliphatic carbocycles. The second kappa shape index (κ2) is 7.37. The number of halogens is 1. The van der Waals surface area contributed by atoms with Gasteiger partial charge in [-0.05, 0) is 55.4 Å². The monoisotopic (exact) mass is 389 g/mol. The van der Waals surface area contributed by atoms with Crippen molar-refractivity contribution in [3.8, 4) is 11.3 Å². The Labute approximate surface area is 162 Å². The fourth-order valence-corrected chi connectivity index (χ4v) is 4.13. The topological polar surface area (TPSA) is 47.9 Å². The largest absolute Gasteiger partial charge is 0.411 e. The van der Waals surface area contributed by atoms with E-state index in [0.29, 0.717) is 11.8 Å². The van der Waals surface area contributed by atoms with Gasteiger partial charge in [0.2, 0.25) is 0 Å². The van der Waals surface area contributed by atoms with Crippen LogP contribution in [0, 0.1) is 0 Å². The minimum Gasteiger partial charge on any atom is -0.411 e. The molecule has 1 aliphatic rings. The molecule has 2 aromatic rings. The Balaban J connectivity index is 1.88. The van der Waals surface area contributed by atoms with Crippen LogP contribution in [-0.2, 0) is 23.9 Å². The number of hydrogen-bond donors (Lipinski definition) is 0. The molecule has 0 aliphatic heterocycles. The molecule has 2 heterocycles. The summed E-state index contributed by atoms with van der Waals surface area (Å²) >= 11 is 6.26. The molecule has 6 heteroatoms. The van der Waals surface area contributed by atoms with Gasteiger partial charge in [0.1, 0.15) is 5.15 Å². The summed E-state index contributed by atoms with van der Waals surface area (Å²) in [7, 11) is -1.82. The average Bonchev–Trinajstić information content (AvgIpc) is 2.58. The standard InChI is InChI=1S/C20H28ClN3OSi/c1-20(2,3)26(4,5)25-13-14-11-22-12-18(23-14)16-10-19(21)24-17-9-7-6-8-15(16)17/h10-12H,6-9,13H2,1-5H3. The molecule has 0 aromatic carbocycles. The van der Waals surface area contributed by atoms with Crippen LogP contribution in [0.1, 0.15) is 50.6 Å². The predicted molar refractivity (Wildman–Crippen MR) is 109 cm³/mol. The van der Waals surface area contributed by atoms with E-state index in [9.17, 15) is 0 Å². The lowest BCUT2D eigenvalue weighted by molar-refractivity contribution is 0.272. The first-order valence-corrected chi connectivity index (χ1v) is 12.6. The summed E-state index contributed by atoms with van der Waals surface area (Å²) in [6.07, 6.45) is 7.99. The third kappa shape index (κ3) is 4.16. The highest BCUT2D eigenvalue weighted by Gasteiger charge is 2.37. The molecular formula is C20H28ClN3OSi. The van der Waals surface area contributed by atoms with E-state index in [4.69, 9.17) is 21.0 Å². The molecule has 140 valence electrons. The summed E-state index contributed by atoms with van der Waals surface area (Å²) in [4.78, 5) is 13.8. The summed E-state index contributed by atoms with van der Waals surface area (Å²) in [5.41, 5.74) is 5.19. The van der Waals surface area contributed by atoms with Crippen LogP contribution in [0.15, 0.2) is 18.5 Å². The Kier molecular flexibility index (Phi) is 5.52. The molecule has 0 N–H and O–H groups in total. The van der Waals surface area contributed by atoms with E-state index >= 15 is 0 Å². The van der Waals surface area contributed by atoms with Gasteiger partial charge in [-0.1, -0.05) is 32.4 Å². The fourth-order valence-electron chi connectivity index (χ4n) is 2.98. The Morgan fingerprint density at radius 1 is 1.12 bits per heavy atom. The second-order valence-electron chi connectivity index (χ2n) is 8.57. The summed E-state index contributed by atoms with van der Waals surface area (Å²) in [6, 6.07) is 1.92. The zero-order chi connectivity index (χ0) is 18.9. The Morgan fingerprint density at radius 3 is 2.58 bits per heavy atom. The van der Waals surface area contributed by atoms with Gasteiger partial charge in [0, 0.05) is 11.3 Å². The summed E-state index contributed by atoms with van der Waals surface area (Å²) in [5.74, 6) is 0. The highest BCUT2D eigenvalue weighted by Crippen LogP contribution is 2.37. The van der Waals surface area contributed by atoms with E-state index in [2.05, 4.69) is 43.8 Å². The molecule has 0 unspecified atom stereocenters. The number of rotatable bonds is 4. The molecule has 0 spiro atoms. The number of aryl methyl sites for hydroxylation is 1. The van der Waals surface area contributed by atoms with Crippen molar-refractivity contribution >= 4 is 19.9 Å². The third-order valence-electron chi connectivity index (χ3n) is 5.62. The molecule has 0 amide bonds. The van der Waals surface area contributed by atoms with Crippen molar-refractivity contribution in [2.45, 2.75) is 71.2 Å². The predicted octanol–water partition coefficient (Wildman–Crippen LogP) is 5.59. The van der Waals surface area contributed by atoms with Crippen molar-refractivity contribution in [1.82, 2.24) is 15.0 Å². The number of nitrogens with zero attached hydrogens (tertiary/aromatic N) is 3. The molecule has 4 nitrogen and oxygen atoms in total. The number of aromatic nitrogens is 3. The summed E-state index contributed by atoms with van der Waals surface area (Å²) in [6.45, 7) is 11.7. The van der Waals surface area contributed by atoms with Gasteiger partial charge < -0.3 is 4.43 Å². The number of fused-ring (bicyclic) bond motifs is 1. The fraction of sp³-hybridized carbons (Fsp3) is 0.550. The Hall–Kier alpha value is -1.30. The maximum absolute atomic E-state index is 6.31. The van der Waals surface area contributed by atoms with Crippen molar-refractivity contribution in [2.24, 2.45) is 0 Å². The molecule has 0 atom stereocenters. The molecule has 0 bridgehead atoms. The van der Waals surface area contributed by atoms with Gasteiger partial charge in [-0.25, -0.2) is 9.97 Å². The van der Waals surface area contributed by atoms with Crippen LogP contribution >= 0.6 is 11.6 Å². The lowest BCUT2D eigenvalue weighted by atomic mass is 9.91. The Bertz CT molecular complexity index is 802. The average molecular weight is 390 g/mol. The minimum absolute atomic E-state index is 0.176. The van der Waals surface area contributed by atoms with Gasteiger partial charge in [-0.2, -0.15) is 0 Å². The van der Waals surface area contributed by atoms with Gasteiger partial charge in [-0.15, -0.1) is 0 Å². The lowest BCUT2D eigenvalue weighted by Crippen LogP contribution is -2.40. The van der Waals surface area contributed by atoms with Crippen molar-refractivity contribution < 1.29 is 4.43 Å². The van der Waals surface area contributed by atoms with Crippen LogP contribution < -0.4 is 0 Å². The lowest BCUT2D eigenvalue weighted by Gasteiger charge is -2.36. The minimum atomic E-state index is -1.82. The van der Waals surface area contributed by atoms with Crippen molar-refractivity contribution in [1.29, 1.82) is 0 Å².